The van der Waals surface area contributed by atoms with E-state index in [0.29, 0.717) is 0 Å². The lowest BCUT2D eigenvalue weighted by Gasteiger charge is -2.22. The molecular weight excluding hydrogens is 257 g/mol. The van der Waals surface area contributed by atoms with E-state index in [2.05, 4.69) is 36.1 Å². The van der Waals surface area contributed by atoms with E-state index < -0.39 is 0 Å². The number of anilines is 1. The van der Waals surface area contributed by atoms with Gasteiger partial charge in [-0.1, -0.05) is 18.2 Å². The minimum atomic E-state index is -0.182. The molecular formula is C16H18FNS. The Hall–Kier alpha value is -1.48. The van der Waals surface area contributed by atoms with Gasteiger partial charge in [-0.15, -0.1) is 11.8 Å². The molecule has 0 unspecified atom stereocenters. The molecule has 0 bridgehead atoms. The Morgan fingerprint density at radius 3 is 2.32 bits per heavy atom. The van der Waals surface area contributed by atoms with Gasteiger partial charge in [0.25, 0.3) is 0 Å². The maximum atomic E-state index is 12.9. The fourth-order valence-electron chi connectivity index (χ4n) is 1.91. The molecule has 3 heteroatoms. The number of thioether (sulfide) groups is 1. The van der Waals surface area contributed by atoms with Crippen LogP contribution in [0, 0.1) is 5.82 Å². The zero-order valence-corrected chi connectivity index (χ0v) is 11.9. The van der Waals surface area contributed by atoms with E-state index >= 15 is 0 Å². The first kappa shape index (κ1) is 13.9. The zero-order chi connectivity index (χ0) is 13.5. The van der Waals surface area contributed by atoms with Gasteiger partial charge in [0.05, 0.1) is 0 Å². The molecule has 2 aromatic carbocycles. The van der Waals surface area contributed by atoms with Crippen molar-refractivity contribution >= 4 is 17.4 Å². The third-order valence-electron chi connectivity index (χ3n) is 2.95. The number of nitrogens with zero attached hydrogens (tertiary/aromatic N) is 1. The third-order valence-corrected chi connectivity index (χ3v) is 3.94. The van der Waals surface area contributed by atoms with Crippen molar-refractivity contribution in [1.29, 1.82) is 0 Å². The molecule has 0 N–H and O–H groups in total. The summed E-state index contributed by atoms with van der Waals surface area (Å²) < 4.78 is 12.9. The van der Waals surface area contributed by atoms with Crippen molar-refractivity contribution in [2.45, 2.75) is 11.8 Å². The maximum Gasteiger partial charge on any atom is 0.123 e. The zero-order valence-electron chi connectivity index (χ0n) is 11.1. The third kappa shape index (κ3) is 4.28. The van der Waals surface area contributed by atoms with E-state index in [0.717, 1.165) is 24.5 Å². The van der Waals surface area contributed by atoms with Crippen LogP contribution in [0.5, 0.6) is 0 Å². The minimum absolute atomic E-state index is 0.182. The average Bonchev–Trinajstić information content (AvgIpc) is 2.46. The Bertz CT molecular complexity index is 484. The Balaban J connectivity index is 1.87. The Kier molecular flexibility index (Phi) is 5.28. The molecule has 0 atom stereocenters. The predicted molar refractivity (Wildman–Crippen MR) is 81.5 cm³/mol. The molecule has 0 amide bonds. The van der Waals surface area contributed by atoms with Gasteiger partial charge < -0.3 is 4.90 Å². The molecule has 19 heavy (non-hydrogen) atoms. The fourth-order valence-corrected chi connectivity index (χ4v) is 2.81. The highest BCUT2D eigenvalue weighted by atomic mass is 32.2. The van der Waals surface area contributed by atoms with E-state index in [4.69, 9.17) is 0 Å². The Labute approximate surface area is 118 Å². The van der Waals surface area contributed by atoms with Crippen molar-refractivity contribution in [3.63, 3.8) is 0 Å². The molecule has 0 fully saturated rings. The molecule has 0 aliphatic heterocycles. The normalized spacial score (nSPS) is 10.4. The largest absolute Gasteiger partial charge is 0.371 e. The van der Waals surface area contributed by atoms with Crippen LogP contribution in [0.4, 0.5) is 10.1 Å². The summed E-state index contributed by atoms with van der Waals surface area (Å²) in [4.78, 5) is 3.55. The lowest BCUT2D eigenvalue weighted by atomic mass is 10.3. The van der Waals surface area contributed by atoms with Crippen molar-refractivity contribution in [3.8, 4) is 0 Å². The first-order valence-electron chi connectivity index (χ1n) is 6.48. The maximum absolute atomic E-state index is 12.9. The van der Waals surface area contributed by atoms with Crippen LogP contribution in [0.1, 0.15) is 6.92 Å². The quantitative estimate of drug-likeness (QED) is 0.717. The van der Waals surface area contributed by atoms with Crippen molar-refractivity contribution in [2.75, 3.05) is 23.7 Å². The number of benzene rings is 2. The average molecular weight is 275 g/mol. The fraction of sp³-hybridized carbons (Fsp3) is 0.250. The van der Waals surface area contributed by atoms with Crippen LogP contribution in [0.2, 0.25) is 0 Å². The molecule has 0 radical (unpaired) electrons. The number of hydrogen-bond acceptors (Lipinski definition) is 2. The number of halogens is 1. The van der Waals surface area contributed by atoms with Crippen LogP contribution >= 0.6 is 11.8 Å². The molecule has 0 spiro atoms. The van der Waals surface area contributed by atoms with E-state index in [1.54, 1.807) is 0 Å². The van der Waals surface area contributed by atoms with Crippen molar-refractivity contribution in [1.82, 2.24) is 0 Å². The van der Waals surface area contributed by atoms with Gasteiger partial charge in [0, 0.05) is 29.4 Å². The molecule has 100 valence electrons. The van der Waals surface area contributed by atoms with E-state index in [9.17, 15) is 4.39 Å². The summed E-state index contributed by atoms with van der Waals surface area (Å²) in [5.74, 6) is 0.841. The Morgan fingerprint density at radius 1 is 1.00 bits per heavy atom. The molecule has 0 heterocycles. The van der Waals surface area contributed by atoms with Crippen LogP contribution in [0.25, 0.3) is 0 Å². The van der Waals surface area contributed by atoms with Gasteiger partial charge in [-0.2, -0.15) is 0 Å². The van der Waals surface area contributed by atoms with Gasteiger partial charge >= 0.3 is 0 Å². The molecule has 2 rings (SSSR count). The number of rotatable bonds is 6. The van der Waals surface area contributed by atoms with Gasteiger partial charge in [0.1, 0.15) is 5.82 Å². The van der Waals surface area contributed by atoms with Crippen LogP contribution in [-0.4, -0.2) is 18.8 Å². The topological polar surface area (TPSA) is 3.24 Å². The predicted octanol–water partition coefficient (Wildman–Crippen LogP) is 4.44. The summed E-state index contributed by atoms with van der Waals surface area (Å²) in [5.41, 5.74) is 1.08. The van der Waals surface area contributed by atoms with Gasteiger partial charge in [-0.25, -0.2) is 4.39 Å². The molecule has 0 saturated heterocycles. The summed E-state index contributed by atoms with van der Waals surface area (Å²) in [7, 11) is 0. The van der Waals surface area contributed by atoms with Crippen molar-refractivity contribution < 1.29 is 4.39 Å². The second-order valence-electron chi connectivity index (χ2n) is 4.22. The standard InChI is InChI=1S/C16H18FNS/c1-2-18(15-10-8-14(17)9-11-15)12-13-19-16-6-4-3-5-7-16/h3-11H,2,12-13H2,1H3. The van der Waals surface area contributed by atoms with Gasteiger partial charge in [0.15, 0.2) is 0 Å². The van der Waals surface area contributed by atoms with Crippen molar-refractivity contribution in [3.05, 3.63) is 60.4 Å². The van der Waals surface area contributed by atoms with Crippen LogP contribution in [-0.2, 0) is 0 Å². The highest BCUT2D eigenvalue weighted by Gasteiger charge is 2.04. The van der Waals surface area contributed by atoms with E-state index in [-0.39, 0.29) is 5.82 Å². The highest BCUT2D eigenvalue weighted by Crippen LogP contribution is 2.19. The van der Waals surface area contributed by atoms with Crippen molar-refractivity contribution in [2.24, 2.45) is 0 Å². The monoisotopic (exact) mass is 275 g/mol. The summed E-state index contributed by atoms with van der Waals surface area (Å²) in [6, 6.07) is 17.1. The first-order chi connectivity index (χ1) is 9.29. The van der Waals surface area contributed by atoms with E-state index in [1.807, 2.05) is 30.0 Å². The van der Waals surface area contributed by atoms with Gasteiger partial charge in [-0.3, -0.25) is 0 Å². The summed E-state index contributed by atoms with van der Waals surface area (Å²) in [6.07, 6.45) is 0. The number of hydrogen-bond donors (Lipinski definition) is 0. The van der Waals surface area contributed by atoms with Crippen LogP contribution < -0.4 is 4.90 Å². The SMILES string of the molecule is CCN(CCSc1ccccc1)c1ccc(F)cc1. The second kappa shape index (κ2) is 7.19. The second-order valence-corrected chi connectivity index (χ2v) is 5.39. The van der Waals surface area contributed by atoms with E-state index in [1.165, 1.54) is 17.0 Å². The minimum Gasteiger partial charge on any atom is -0.371 e. The Morgan fingerprint density at radius 2 is 1.68 bits per heavy atom. The summed E-state index contributed by atoms with van der Waals surface area (Å²) >= 11 is 1.85. The molecule has 2 aromatic rings. The highest BCUT2D eigenvalue weighted by molar-refractivity contribution is 7.99. The van der Waals surface area contributed by atoms with Gasteiger partial charge in [-0.05, 0) is 43.3 Å². The van der Waals surface area contributed by atoms with Gasteiger partial charge in [0.2, 0.25) is 0 Å². The molecule has 1 nitrogen and oxygen atoms in total. The molecule has 0 saturated carbocycles. The lowest BCUT2D eigenvalue weighted by molar-refractivity contribution is 0.627. The first-order valence-corrected chi connectivity index (χ1v) is 7.46. The summed E-state index contributed by atoms with van der Waals surface area (Å²) in [6.45, 7) is 4.01. The van der Waals surface area contributed by atoms with Crippen LogP contribution in [0.3, 0.4) is 0 Å². The summed E-state index contributed by atoms with van der Waals surface area (Å²) in [5, 5.41) is 0. The molecule has 0 aliphatic carbocycles. The molecule has 0 aliphatic rings. The smallest absolute Gasteiger partial charge is 0.123 e. The lowest BCUT2D eigenvalue weighted by Crippen LogP contribution is -2.25. The van der Waals surface area contributed by atoms with Crippen LogP contribution in [0.15, 0.2) is 59.5 Å². The molecule has 0 aromatic heterocycles.